The highest BCUT2D eigenvalue weighted by atomic mass is 35.5. The summed E-state index contributed by atoms with van der Waals surface area (Å²) in [6.07, 6.45) is 3.04. The molecule has 0 saturated heterocycles. The molecule has 21 heavy (non-hydrogen) atoms. The van der Waals surface area contributed by atoms with E-state index in [1.807, 2.05) is 12.1 Å². The maximum Gasteiger partial charge on any atom is 0.438 e. The van der Waals surface area contributed by atoms with Gasteiger partial charge in [-0.05, 0) is 36.8 Å². The number of carbonyl (C=O) groups excluding carboxylic acids is 1. The van der Waals surface area contributed by atoms with Gasteiger partial charge in [0.05, 0.1) is 0 Å². The number of aromatic nitrogens is 2. The van der Waals surface area contributed by atoms with Crippen molar-refractivity contribution in [2.45, 2.75) is 31.1 Å². The molecule has 1 N–H and O–H groups in total. The number of hydrogen-bond donors (Lipinski definition) is 1. The molecule has 0 spiro atoms. The lowest BCUT2D eigenvalue weighted by molar-refractivity contribution is 0.0964. The molecular weight excluding hydrogens is 292 g/mol. The van der Waals surface area contributed by atoms with Gasteiger partial charge in [0.25, 0.3) is 0 Å². The highest BCUT2D eigenvalue weighted by Gasteiger charge is 2.46. The van der Waals surface area contributed by atoms with E-state index in [2.05, 4.69) is 14.7 Å². The number of carbonyl (C=O) groups is 1. The van der Waals surface area contributed by atoms with Gasteiger partial charge in [0.15, 0.2) is 11.6 Å². The van der Waals surface area contributed by atoms with Gasteiger partial charge in [0.1, 0.15) is 0 Å². The fourth-order valence-electron chi connectivity index (χ4n) is 2.81. The third-order valence-electron chi connectivity index (χ3n) is 4.24. The van der Waals surface area contributed by atoms with Crippen molar-refractivity contribution in [3.63, 3.8) is 0 Å². The molecule has 1 aromatic carbocycles. The number of H-pyrrole nitrogens is 1. The number of nitrogens with one attached hydrogen (secondary N) is 1. The van der Waals surface area contributed by atoms with Gasteiger partial charge < -0.3 is 0 Å². The third kappa shape index (κ3) is 2.31. The molecule has 2 fully saturated rings. The van der Waals surface area contributed by atoms with E-state index >= 15 is 0 Å². The Morgan fingerprint density at radius 1 is 1.38 bits per heavy atom. The van der Waals surface area contributed by atoms with Crippen molar-refractivity contribution in [2.24, 2.45) is 5.92 Å². The molecule has 0 bridgehead atoms. The molecule has 5 nitrogen and oxygen atoms in total. The van der Waals surface area contributed by atoms with Crippen molar-refractivity contribution in [3.05, 3.63) is 50.7 Å². The summed E-state index contributed by atoms with van der Waals surface area (Å²) in [5, 5.41) is 4.32. The summed E-state index contributed by atoms with van der Waals surface area (Å²) in [6.45, 7) is 0. The first-order valence-corrected chi connectivity index (χ1v) is 7.41. The fourth-order valence-corrected chi connectivity index (χ4v) is 3.14. The number of benzene rings is 1. The molecular formula is C15H13ClN2O3. The summed E-state index contributed by atoms with van der Waals surface area (Å²) in [7, 11) is 0. The van der Waals surface area contributed by atoms with Gasteiger partial charge >= 0.3 is 5.76 Å². The number of nitrogens with zero attached hydrogens (tertiary/aromatic N) is 1. The van der Waals surface area contributed by atoms with Gasteiger partial charge in [-0.1, -0.05) is 28.9 Å². The molecule has 1 heterocycles. The summed E-state index contributed by atoms with van der Waals surface area (Å²) in [4.78, 5) is 25.9. The van der Waals surface area contributed by atoms with Crippen LogP contribution in [0.4, 0.5) is 0 Å². The molecule has 0 radical (unpaired) electrons. The molecule has 4 rings (SSSR count). The van der Waals surface area contributed by atoms with E-state index in [1.165, 1.54) is 12.8 Å². The van der Waals surface area contributed by atoms with Crippen LogP contribution >= 0.6 is 11.6 Å². The Balaban J connectivity index is 1.53. The molecule has 0 amide bonds. The minimum absolute atomic E-state index is 0.0492. The summed E-state index contributed by atoms with van der Waals surface area (Å²) >= 11 is 6.26. The standard InChI is InChI=1S/C15H13ClN2O3/c16-12-5-8(3-4-9(12)7-1-2-7)13(19)10-6-11(10)14-17-15(20)21-18-14/h3-5,7,10-11H,1-2,6H2,(H,17,18,20)/t10-,11-/m0/s1. The van der Waals surface area contributed by atoms with E-state index in [0.29, 0.717) is 28.7 Å². The first-order chi connectivity index (χ1) is 10.1. The lowest BCUT2D eigenvalue weighted by Crippen LogP contribution is -2.05. The maximum atomic E-state index is 12.4. The summed E-state index contributed by atoms with van der Waals surface area (Å²) in [5.41, 5.74) is 1.77. The second kappa shape index (κ2) is 4.56. The SMILES string of the molecule is O=C(c1ccc(C2CC2)c(Cl)c1)[C@H]1C[C@@H]1c1noc(=O)[nH]1. The number of Topliss-reactive ketones (excluding diaryl/α,β-unsaturated/α-hetero) is 1. The van der Waals surface area contributed by atoms with Crippen LogP contribution in [0.2, 0.25) is 5.02 Å². The number of rotatable bonds is 4. The van der Waals surface area contributed by atoms with E-state index in [4.69, 9.17) is 11.6 Å². The van der Waals surface area contributed by atoms with E-state index in [9.17, 15) is 9.59 Å². The van der Waals surface area contributed by atoms with Crippen LogP contribution in [0, 0.1) is 5.92 Å². The Morgan fingerprint density at radius 2 is 2.19 bits per heavy atom. The average molecular weight is 305 g/mol. The van der Waals surface area contributed by atoms with Crippen molar-refractivity contribution in [2.75, 3.05) is 0 Å². The smallest absolute Gasteiger partial charge is 0.296 e. The first-order valence-electron chi connectivity index (χ1n) is 7.03. The van der Waals surface area contributed by atoms with Gasteiger partial charge in [0, 0.05) is 22.4 Å². The molecule has 2 atom stereocenters. The van der Waals surface area contributed by atoms with Crippen LogP contribution in [0.3, 0.4) is 0 Å². The van der Waals surface area contributed by atoms with Crippen LogP contribution in [-0.4, -0.2) is 15.9 Å². The van der Waals surface area contributed by atoms with Gasteiger partial charge in [-0.15, -0.1) is 0 Å². The largest absolute Gasteiger partial charge is 0.438 e. The number of ketones is 1. The summed E-state index contributed by atoms with van der Waals surface area (Å²) < 4.78 is 4.47. The minimum atomic E-state index is -0.583. The van der Waals surface area contributed by atoms with E-state index in [-0.39, 0.29) is 17.6 Å². The minimum Gasteiger partial charge on any atom is -0.296 e. The van der Waals surface area contributed by atoms with E-state index in [1.54, 1.807) is 6.07 Å². The van der Waals surface area contributed by atoms with Crippen LogP contribution in [0.25, 0.3) is 0 Å². The lowest BCUT2D eigenvalue weighted by Gasteiger charge is -2.05. The highest BCUT2D eigenvalue weighted by molar-refractivity contribution is 6.31. The Kier molecular flexibility index (Phi) is 2.79. The molecule has 0 aliphatic heterocycles. The van der Waals surface area contributed by atoms with Gasteiger partial charge in [-0.2, -0.15) is 0 Å². The summed E-state index contributed by atoms with van der Waals surface area (Å²) in [6, 6.07) is 5.57. The molecule has 6 heteroatoms. The second-order valence-corrected chi connectivity index (χ2v) is 6.21. The lowest BCUT2D eigenvalue weighted by atomic mass is 10.0. The molecule has 108 valence electrons. The average Bonchev–Trinajstić information content (AvgIpc) is 3.37. The normalized spacial score (nSPS) is 24.0. The van der Waals surface area contributed by atoms with Crippen molar-refractivity contribution in [3.8, 4) is 0 Å². The highest BCUT2D eigenvalue weighted by Crippen LogP contribution is 2.48. The topological polar surface area (TPSA) is 76.0 Å². The van der Waals surface area contributed by atoms with Crippen LogP contribution in [-0.2, 0) is 0 Å². The zero-order valence-electron chi connectivity index (χ0n) is 11.1. The molecule has 2 aromatic rings. The molecule has 1 aromatic heterocycles. The van der Waals surface area contributed by atoms with Crippen LogP contribution in [0.5, 0.6) is 0 Å². The molecule has 2 aliphatic carbocycles. The summed E-state index contributed by atoms with van der Waals surface area (Å²) in [5.74, 6) is 0.294. The number of hydrogen-bond acceptors (Lipinski definition) is 4. The quantitative estimate of drug-likeness (QED) is 0.881. The predicted octanol–water partition coefficient (Wildman–Crippen LogP) is 2.88. The Bertz CT molecular complexity index is 775. The molecule has 0 unspecified atom stereocenters. The van der Waals surface area contributed by atoms with E-state index < -0.39 is 5.76 Å². The van der Waals surface area contributed by atoms with Crippen molar-refractivity contribution < 1.29 is 9.32 Å². The van der Waals surface area contributed by atoms with Crippen LogP contribution in [0.15, 0.2) is 27.5 Å². The molecule has 2 saturated carbocycles. The Labute approximate surface area is 125 Å². The van der Waals surface area contributed by atoms with E-state index in [0.717, 1.165) is 5.56 Å². The Hall–Kier alpha value is -1.88. The van der Waals surface area contributed by atoms with Crippen LogP contribution in [0.1, 0.15) is 52.8 Å². The second-order valence-electron chi connectivity index (χ2n) is 5.80. The monoisotopic (exact) mass is 304 g/mol. The predicted molar refractivity (Wildman–Crippen MR) is 75.7 cm³/mol. The first kappa shape index (κ1) is 12.8. The fraction of sp³-hybridized carbons (Fsp3) is 0.400. The zero-order valence-corrected chi connectivity index (χ0v) is 11.9. The van der Waals surface area contributed by atoms with Crippen molar-refractivity contribution in [1.82, 2.24) is 10.1 Å². The zero-order chi connectivity index (χ0) is 14.6. The van der Waals surface area contributed by atoms with Crippen molar-refractivity contribution in [1.29, 1.82) is 0 Å². The maximum absolute atomic E-state index is 12.4. The third-order valence-corrected chi connectivity index (χ3v) is 4.56. The van der Waals surface area contributed by atoms with Crippen molar-refractivity contribution >= 4 is 17.4 Å². The van der Waals surface area contributed by atoms with Gasteiger partial charge in [0.2, 0.25) is 0 Å². The van der Waals surface area contributed by atoms with Crippen LogP contribution < -0.4 is 5.76 Å². The number of halogens is 1. The van der Waals surface area contributed by atoms with Gasteiger partial charge in [-0.25, -0.2) is 4.79 Å². The Morgan fingerprint density at radius 3 is 2.81 bits per heavy atom. The molecule has 2 aliphatic rings. The number of aromatic amines is 1. The van der Waals surface area contributed by atoms with Gasteiger partial charge in [-0.3, -0.25) is 14.3 Å².